The fraction of sp³-hybridized carbons (Fsp3) is 0. The van der Waals surface area contributed by atoms with E-state index < -0.39 is 0 Å². The monoisotopic (exact) mass is 196 g/mol. The third-order valence-corrected chi connectivity index (χ3v) is 0. The summed E-state index contributed by atoms with van der Waals surface area (Å²) in [7, 11) is 0. The van der Waals surface area contributed by atoms with Gasteiger partial charge in [0.05, 0.1) is 0 Å². The molecule has 0 aromatic rings. The van der Waals surface area contributed by atoms with Gasteiger partial charge >= 0.3 is 0 Å². The molecule has 0 amide bonds. The average molecular weight is 196 g/mol. The van der Waals surface area contributed by atoms with Gasteiger partial charge in [0.15, 0.2) is 0 Å². The molecule has 28 valence electrons. The topological polar surface area (TPSA) is 0 Å². The van der Waals surface area contributed by atoms with Gasteiger partial charge in [-0.1, -0.05) is 0 Å². The van der Waals surface area contributed by atoms with Gasteiger partial charge in [0, 0.05) is 67.0 Å². The summed E-state index contributed by atoms with van der Waals surface area (Å²) in [5, 5.41) is 0. The summed E-state index contributed by atoms with van der Waals surface area (Å²) >= 11 is 0. The van der Waals surface area contributed by atoms with Crippen molar-refractivity contribution in [1.82, 2.24) is 0 Å². The van der Waals surface area contributed by atoms with Crippen molar-refractivity contribution in [2.45, 2.75) is 0 Å². The van der Waals surface area contributed by atoms with E-state index >= 15 is 0 Å². The van der Waals surface area contributed by atoms with Crippen molar-refractivity contribution in [2.75, 3.05) is 0 Å². The fourth-order valence-electron chi connectivity index (χ4n) is 0. The van der Waals surface area contributed by atoms with Gasteiger partial charge in [-0.15, -0.1) is 0 Å². The first kappa shape index (κ1) is 75.9. The first-order valence-corrected chi connectivity index (χ1v) is 0. The van der Waals surface area contributed by atoms with Crippen molar-refractivity contribution in [3.63, 3.8) is 0 Å². The van der Waals surface area contributed by atoms with Gasteiger partial charge in [0.2, 0.25) is 0 Å². The molecule has 0 aromatic heterocycles. The van der Waals surface area contributed by atoms with Gasteiger partial charge < -0.3 is 0 Å². The summed E-state index contributed by atoms with van der Waals surface area (Å²) in [6.07, 6.45) is 0. The van der Waals surface area contributed by atoms with Gasteiger partial charge in [0.1, 0.15) is 0 Å². The molecule has 0 nitrogen and oxygen atoms in total. The van der Waals surface area contributed by atoms with E-state index in [2.05, 4.69) is 0 Å². The summed E-state index contributed by atoms with van der Waals surface area (Å²) in [4.78, 5) is 0. The summed E-state index contributed by atoms with van der Waals surface area (Å²) in [5.41, 5.74) is 0. The first-order chi connectivity index (χ1) is 0. The zero-order valence-electron chi connectivity index (χ0n) is 2.21. The molecule has 0 atom stereocenters. The van der Waals surface area contributed by atoms with Crippen LogP contribution in [-0.2, 0) is 34.1 Å². The molecule has 0 aromatic carbocycles. The molecule has 0 aliphatic rings. The third-order valence-electron chi connectivity index (χ3n) is 0. The van der Waals surface area contributed by atoms with E-state index in [1.807, 2.05) is 0 Å². The standard InChI is InChI=1S/2Fe.3Si. The second-order valence-corrected chi connectivity index (χ2v) is 0. The Kier molecular flexibility index (Phi) is 665. The third kappa shape index (κ3) is 27.1. The number of hydrogen-bond acceptors (Lipinski definition) is 0. The van der Waals surface area contributed by atoms with Crippen LogP contribution in [0.5, 0.6) is 0 Å². The molecule has 5 heavy (non-hydrogen) atoms. The van der Waals surface area contributed by atoms with Gasteiger partial charge in [0.25, 0.3) is 0 Å². The average Bonchev–Trinajstić information content (AvgIpc) is 0. The zero-order chi connectivity index (χ0) is 0. The van der Waals surface area contributed by atoms with E-state index in [0.717, 1.165) is 0 Å². The van der Waals surface area contributed by atoms with Crippen LogP contribution in [0.1, 0.15) is 0 Å². The second kappa shape index (κ2) is 43.8. The van der Waals surface area contributed by atoms with Crippen LogP contribution in [0.4, 0.5) is 0 Å². The Balaban J connectivity index is 0. The van der Waals surface area contributed by atoms with Gasteiger partial charge in [-0.2, -0.15) is 0 Å². The van der Waals surface area contributed by atoms with Crippen molar-refractivity contribution in [3.05, 3.63) is 0 Å². The van der Waals surface area contributed by atoms with Crippen molar-refractivity contribution >= 4 is 32.9 Å². The SMILES string of the molecule is [Fe].[Fe].[Si].[Si].[Si]. The molecule has 12 radical (unpaired) electrons. The molecular formula is Fe2Si3. The van der Waals surface area contributed by atoms with Crippen molar-refractivity contribution in [2.24, 2.45) is 0 Å². The van der Waals surface area contributed by atoms with Crippen LogP contribution in [0.15, 0.2) is 0 Å². The number of hydrogen-bond donors (Lipinski definition) is 0. The Hall–Kier alpha value is 1.69. The summed E-state index contributed by atoms with van der Waals surface area (Å²) in [6, 6.07) is 0. The van der Waals surface area contributed by atoms with Crippen LogP contribution in [0.25, 0.3) is 0 Å². The molecule has 0 unspecified atom stereocenters. The van der Waals surface area contributed by atoms with Crippen LogP contribution in [0, 0.1) is 0 Å². The van der Waals surface area contributed by atoms with E-state index in [-0.39, 0.29) is 67.0 Å². The Morgan fingerprint density at radius 2 is 0.400 bits per heavy atom. The zero-order valence-corrected chi connectivity index (χ0v) is 7.42. The molecule has 0 N–H and O–H groups in total. The van der Waals surface area contributed by atoms with E-state index in [0.29, 0.717) is 0 Å². The predicted octanol–water partition coefficient (Wildman–Crippen LogP) is -1.15. The molecule has 5 heteroatoms. The summed E-state index contributed by atoms with van der Waals surface area (Å²) < 4.78 is 0. The normalized spacial score (nSPS) is 0. The van der Waals surface area contributed by atoms with Crippen LogP contribution in [-0.4, -0.2) is 32.9 Å². The van der Waals surface area contributed by atoms with Gasteiger partial charge in [-0.25, -0.2) is 0 Å². The molecule has 0 saturated carbocycles. The maximum absolute atomic E-state index is 0. The van der Waals surface area contributed by atoms with E-state index in [4.69, 9.17) is 0 Å². The van der Waals surface area contributed by atoms with Gasteiger partial charge in [-0.05, 0) is 0 Å². The van der Waals surface area contributed by atoms with Crippen LogP contribution in [0.2, 0.25) is 0 Å². The number of rotatable bonds is 0. The van der Waals surface area contributed by atoms with Crippen LogP contribution < -0.4 is 0 Å². The molecule has 0 spiro atoms. The smallest absolute Gasteiger partial charge is 0 e. The quantitative estimate of drug-likeness (QED) is 0.429. The Morgan fingerprint density at radius 3 is 0.400 bits per heavy atom. The van der Waals surface area contributed by atoms with Crippen LogP contribution in [0.3, 0.4) is 0 Å². The largest absolute Gasteiger partial charge is 0 e. The second-order valence-electron chi connectivity index (χ2n) is 0. The Labute approximate surface area is 66.9 Å². The molecule has 0 aliphatic heterocycles. The van der Waals surface area contributed by atoms with Gasteiger partial charge in [-0.3, -0.25) is 0 Å². The maximum atomic E-state index is 0. The van der Waals surface area contributed by atoms with E-state index in [9.17, 15) is 0 Å². The molecule has 0 bridgehead atoms. The maximum Gasteiger partial charge on any atom is 0 e. The Morgan fingerprint density at radius 1 is 0.400 bits per heavy atom. The van der Waals surface area contributed by atoms with Crippen LogP contribution >= 0.6 is 0 Å². The minimum absolute atomic E-state index is 0. The summed E-state index contributed by atoms with van der Waals surface area (Å²) in [5.74, 6) is 0. The van der Waals surface area contributed by atoms with E-state index in [1.54, 1.807) is 0 Å². The van der Waals surface area contributed by atoms with Crippen molar-refractivity contribution < 1.29 is 34.1 Å². The minimum atomic E-state index is 0. The molecule has 0 saturated heterocycles. The molecule has 0 fully saturated rings. The summed E-state index contributed by atoms with van der Waals surface area (Å²) in [6.45, 7) is 0. The molecule has 0 heterocycles. The fourth-order valence-corrected chi connectivity index (χ4v) is 0. The molecular weight excluding hydrogens is 196 g/mol. The van der Waals surface area contributed by atoms with Crippen molar-refractivity contribution in [1.29, 1.82) is 0 Å². The van der Waals surface area contributed by atoms with E-state index in [1.165, 1.54) is 0 Å². The molecule has 0 aliphatic carbocycles. The Bertz CT molecular complexity index is 4.85. The minimum Gasteiger partial charge on any atom is 0 e. The van der Waals surface area contributed by atoms with Crippen molar-refractivity contribution in [3.8, 4) is 0 Å². The predicted molar refractivity (Wildman–Crippen MR) is 17.3 cm³/mol. The first-order valence-electron chi connectivity index (χ1n) is 0. The molecule has 0 rings (SSSR count).